The number of hydrazine groups is 1. The van der Waals surface area contributed by atoms with Gasteiger partial charge in [0, 0.05) is 22.8 Å². The van der Waals surface area contributed by atoms with Gasteiger partial charge in [-0.15, -0.1) is 11.3 Å². The molecule has 0 spiro atoms. The van der Waals surface area contributed by atoms with Gasteiger partial charge in [-0.1, -0.05) is 0 Å². The summed E-state index contributed by atoms with van der Waals surface area (Å²) in [5.74, 6) is 5.50. The quantitative estimate of drug-likeness (QED) is 0.549. The molecular formula is C10H11N5OS. The minimum Gasteiger partial charge on any atom is -0.347 e. The zero-order valence-electron chi connectivity index (χ0n) is 8.88. The van der Waals surface area contributed by atoms with Gasteiger partial charge in [-0.2, -0.15) is 0 Å². The molecule has 88 valence electrons. The maximum Gasteiger partial charge on any atom is 0.251 e. The van der Waals surface area contributed by atoms with Gasteiger partial charge >= 0.3 is 0 Å². The number of aromatic nitrogens is 2. The molecule has 2 aromatic rings. The zero-order chi connectivity index (χ0) is 12.1. The first-order chi connectivity index (χ1) is 8.29. The second-order valence-electron chi connectivity index (χ2n) is 3.22. The van der Waals surface area contributed by atoms with Gasteiger partial charge in [0.1, 0.15) is 5.82 Å². The lowest BCUT2D eigenvalue weighted by atomic mass is 10.2. The van der Waals surface area contributed by atoms with Crippen LogP contribution in [0.25, 0.3) is 0 Å². The van der Waals surface area contributed by atoms with Crippen molar-refractivity contribution in [3.05, 3.63) is 40.5 Å². The highest BCUT2D eigenvalue weighted by molar-refractivity contribution is 7.09. The first-order valence-corrected chi connectivity index (χ1v) is 5.76. The lowest BCUT2D eigenvalue weighted by Gasteiger charge is -2.04. The van der Waals surface area contributed by atoms with Crippen LogP contribution < -0.4 is 16.6 Å². The van der Waals surface area contributed by atoms with E-state index in [0.717, 1.165) is 4.88 Å². The van der Waals surface area contributed by atoms with Crippen LogP contribution in [-0.2, 0) is 6.54 Å². The fraction of sp³-hybridized carbons (Fsp3) is 0.100. The third-order valence-corrected chi connectivity index (χ3v) is 2.86. The number of anilines is 1. The van der Waals surface area contributed by atoms with Crippen LogP contribution in [0.5, 0.6) is 0 Å². The fourth-order valence-corrected chi connectivity index (χ4v) is 1.78. The molecule has 2 heterocycles. The number of nitrogen functional groups attached to an aromatic ring is 1. The van der Waals surface area contributed by atoms with E-state index in [1.807, 2.05) is 0 Å². The summed E-state index contributed by atoms with van der Waals surface area (Å²) in [4.78, 5) is 20.6. The molecule has 0 aromatic carbocycles. The second kappa shape index (κ2) is 5.37. The van der Waals surface area contributed by atoms with Gasteiger partial charge in [-0.3, -0.25) is 9.78 Å². The molecule has 4 N–H and O–H groups in total. The maximum atomic E-state index is 11.8. The number of carbonyl (C=O) groups is 1. The van der Waals surface area contributed by atoms with Gasteiger partial charge < -0.3 is 10.7 Å². The Kier molecular flexibility index (Phi) is 3.63. The summed E-state index contributed by atoms with van der Waals surface area (Å²) in [5, 5.41) is 2.79. The number of nitrogens with two attached hydrogens (primary N) is 1. The van der Waals surface area contributed by atoms with Crippen LogP contribution in [0.4, 0.5) is 5.82 Å². The Balaban J connectivity index is 1.99. The molecule has 7 heteroatoms. The second-order valence-corrected chi connectivity index (χ2v) is 4.20. The number of nitrogens with zero attached hydrogens (tertiary/aromatic N) is 2. The Bertz CT molecular complexity index is 499. The molecular weight excluding hydrogens is 238 g/mol. The van der Waals surface area contributed by atoms with Crippen molar-refractivity contribution in [2.45, 2.75) is 6.54 Å². The van der Waals surface area contributed by atoms with Crippen LogP contribution in [0.3, 0.4) is 0 Å². The number of hydrogen-bond donors (Lipinski definition) is 3. The third-order valence-electron chi connectivity index (χ3n) is 2.08. The molecule has 6 nitrogen and oxygen atoms in total. The van der Waals surface area contributed by atoms with Gasteiger partial charge in [0.2, 0.25) is 0 Å². The van der Waals surface area contributed by atoms with E-state index in [1.54, 1.807) is 23.8 Å². The normalized spacial score (nSPS) is 9.94. The van der Waals surface area contributed by atoms with Crippen LogP contribution in [0.2, 0.25) is 0 Å². The number of hydrogen-bond acceptors (Lipinski definition) is 6. The lowest BCUT2D eigenvalue weighted by molar-refractivity contribution is 0.0951. The number of amides is 1. The molecule has 1 amide bonds. The van der Waals surface area contributed by atoms with E-state index in [1.165, 1.54) is 17.5 Å². The van der Waals surface area contributed by atoms with E-state index in [4.69, 9.17) is 5.84 Å². The molecule has 0 saturated carbocycles. The van der Waals surface area contributed by atoms with E-state index in [2.05, 4.69) is 20.7 Å². The van der Waals surface area contributed by atoms with Gasteiger partial charge in [0.25, 0.3) is 5.91 Å². The van der Waals surface area contributed by atoms with Crippen molar-refractivity contribution >= 4 is 23.1 Å². The molecule has 0 aliphatic carbocycles. The highest BCUT2D eigenvalue weighted by atomic mass is 32.1. The SMILES string of the molecule is NNc1cc(C(=O)NCc2cncs2)ccn1. The molecule has 0 fully saturated rings. The molecule has 0 atom stereocenters. The van der Waals surface area contributed by atoms with Crippen molar-refractivity contribution in [2.24, 2.45) is 5.84 Å². The summed E-state index contributed by atoms with van der Waals surface area (Å²) < 4.78 is 0. The van der Waals surface area contributed by atoms with Crippen molar-refractivity contribution in [3.63, 3.8) is 0 Å². The molecule has 0 bridgehead atoms. The van der Waals surface area contributed by atoms with E-state index in [0.29, 0.717) is 17.9 Å². The highest BCUT2D eigenvalue weighted by Crippen LogP contribution is 2.07. The summed E-state index contributed by atoms with van der Waals surface area (Å²) in [7, 11) is 0. The fourth-order valence-electron chi connectivity index (χ4n) is 1.25. The zero-order valence-corrected chi connectivity index (χ0v) is 9.70. The van der Waals surface area contributed by atoms with E-state index in [9.17, 15) is 4.79 Å². The monoisotopic (exact) mass is 249 g/mol. The number of carbonyl (C=O) groups excluding carboxylic acids is 1. The van der Waals surface area contributed by atoms with Crippen molar-refractivity contribution in [1.29, 1.82) is 0 Å². The first kappa shape index (κ1) is 11.5. The van der Waals surface area contributed by atoms with Crippen LogP contribution in [0, 0.1) is 0 Å². The Morgan fingerprint density at radius 2 is 2.41 bits per heavy atom. The van der Waals surface area contributed by atoms with Crippen LogP contribution in [0.1, 0.15) is 15.2 Å². The standard InChI is InChI=1S/C10H11N5OS/c11-15-9-3-7(1-2-13-9)10(16)14-5-8-4-12-6-17-8/h1-4,6H,5,11H2,(H,13,15)(H,14,16). The molecule has 0 saturated heterocycles. The Morgan fingerprint density at radius 3 is 3.12 bits per heavy atom. The highest BCUT2D eigenvalue weighted by Gasteiger charge is 2.06. The summed E-state index contributed by atoms with van der Waals surface area (Å²) in [6.07, 6.45) is 3.25. The molecule has 2 aromatic heterocycles. The molecule has 2 rings (SSSR count). The number of thiazole rings is 1. The average Bonchev–Trinajstić information content (AvgIpc) is 2.89. The number of nitrogens with one attached hydrogen (secondary N) is 2. The van der Waals surface area contributed by atoms with Crippen molar-refractivity contribution in [1.82, 2.24) is 15.3 Å². The Morgan fingerprint density at radius 1 is 1.53 bits per heavy atom. The van der Waals surface area contributed by atoms with Crippen LogP contribution in [-0.4, -0.2) is 15.9 Å². The van der Waals surface area contributed by atoms with Gasteiger partial charge in [0.15, 0.2) is 0 Å². The van der Waals surface area contributed by atoms with Gasteiger partial charge in [0.05, 0.1) is 12.1 Å². The molecule has 0 aliphatic heterocycles. The topological polar surface area (TPSA) is 92.9 Å². The lowest BCUT2D eigenvalue weighted by Crippen LogP contribution is -2.22. The summed E-state index contributed by atoms with van der Waals surface area (Å²) in [5.41, 5.74) is 4.63. The number of rotatable bonds is 4. The Hall–Kier alpha value is -1.99. The predicted octanol–water partition coefficient (Wildman–Crippen LogP) is 0.754. The molecule has 17 heavy (non-hydrogen) atoms. The summed E-state index contributed by atoms with van der Waals surface area (Å²) in [6, 6.07) is 3.21. The molecule has 0 radical (unpaired) electrons. The summed E-state index contributed by atoms with van der Waals surface area (Å²) >= 11 is 1.50. The van der Waals surface area contributed by atoms with Crippen LogP contribution >= 0.6 is 11.3 Å². The third kappa shape index (κ3) is 2.99. The van der Waals surface area contributed by atoms with Crippen molar-refractivity contribution in [2.75, 3.05) is 5.43 Å². The molecule has 0 unspecified atom stereocenters. The molecule has 0 aliphatic rings. The minimum atomic E-state index is -0.169. The van der Waals surface area contributed by atoms with E-state index in [-0.39, 0.29) is 5.91 Å². The van der Waals surface area contributed by atoms with E-state index < -0.39 is 0 Å². The van der Waals surface area contributed by atoms with Gasteiger partial charge in [-0.05, 0) is 12.1 Å². The average molecular weight is 249 g/mol. The summed E-state index contributed by atoms with van der Waals surface area (Å²) in [6.45, 7) is 0.469. The van der Waals surface area contributed by atoms with E-state index >= 15 is 0 Å². The smallest absolute Gasteiger partial charge is 0.251 e. The largest absolute Gasteiger partial charge is 0.347 e. The Labute approximate surface area is 102 Å². The maximum absolute atomic E-state index is 11.8. The first-order valence-electron chi connectivity index (χ1n) is 4.88. The van der Waals surface area contributed by atoms with Crippen molar-refractivity contribution < 1.29 is 4.79 Å². The van der Waals surface area contributed by atoms with Crippen molar-refractivity contribution in [3.8, 4) is 0 Å². The number of pyridine rings is 1. The van der Waals surface area contributed by atoms with Gasteiger partial charge in [-0.25, -0.2) is 10.8 Å². The predicted molar refractivity (Wildman–Crippen MR) is 65.3 cm³/mol. The van der Waals surface area contributed by atoms with Crippen LogP contribution in [0.15, 0.2) is 30.0 Å². The minimum absolute atomic E-state index is 0.169.